The minimum Gasteiger partial charge on any atom is -0.315 e. The molecule has 0 aromatic carbocycles. The van der Waals surface area contributed by atoms with E-state index in [1.165, 1.54) is 19.4 Å². The van der Waals surface area contributed by atoms with Gasteiger partial charge in [-0.1, -0.05) is 0 Å². The van der Waals surface area contributed by atoms with Gasteiger partial charge in [0.25, 0.3) is 0 Å². The second kappa shape index (κ2) is 2.67. The lowest BCUT2D eigenvalue weighted by molar-refractivity contribution is 0.290. The van der Waals surface area contributed by atoms with Gasteiger partial charge in [-0.05, 0) is 33.4 Å². The third-order valence-electron chi connectivity index (χ3n) is 2.20. The van der Waals surface area contributed by atoms with Crippen molar-refractivity contribution in [2.24, 2.45) is 0 Å². The van der Waals surface area contributed by atoms with E-state index in [2.05, 4.69) is 17.6 Å². The van der Waals surface area contributed by atoms with Crippen LogP contribution in [0.4, 0.5) is 0 Å². The lowest BCUT2D eigenvalue weighted by Crippen LogP contribution is -2.51. The summed E-state index contributed by atoms with van der Waals surface area (Å²) < 4.78 is 0. The van der Waals surface area contributed by atoms with Crippen molar-refractivity contribution >= 4 is 0 Å². The fourth-order valence-corrected chi connectivity index (χ4v) is 1.27. The predicted octanol–water partition coefficient (Wildman–Crippen LogP) is 0.348. The number of rotatable bonds is 1. The maximum atomic E-state index is 3.36. The molecule has 0 aliphatic carbocycles. The van der Waals surface area contributed by atoms with Gasteiger partial charge in [-0.15, -0.1) is 0 Å². The van der Waals surface area contributed by atoms with Gasteiger partial charge in [0.1, 0.15) is 0 Å². The smallest absolute Gasteiger partial charge is 0.0275 e. The van der Waals surface area contributed by atoms with Crippen LogP contribution in [0, 0.1) is 0 Å². The van der Waals surface area contributed by atoms with Gasteiger partial charge in [-0.3, -0.25) is 0 Å². The molecule has 0 saturated carbocycles. The Hall–Kier alpha value is -0.0800. The van der Waals surface area contributed by atoms with E-state index in [0.29, 0.717) is 5.54 Å². The molecule has 1 atom stereocenters. The minimum atomic E-state index is 0.359. The quantitative estimate of drug-likeness (QED) is 0.532. The second-order valence-corrected chi connectivity index (χ2v) is 3.09. The summed E-state index contributed by atoms with van der Waals surface area (Å²) in [7, 11) is 2.03. The first-order chi connectivity index (χ1) is 4.27. The molecule has 54 valence electrons. The van der Waals surface area contributed by atoms with E-state index in [-0.39, 0.29) is 0 Å². The zero-order valence-corrected chi connectivity index (χ0v) is 6.33. The SMILES string of the molecule is CNC1(C)CCCNC1. The van der Waals surface area contributed by atoms with Crippen molar-refractivity contribution in [3.63, 3.8) is 0 Å². The monoisotopic (exact) mass is 128 g/mol. The maximum absolute atomic E-state index is 3.36. The van der Waals surface area contributed by atoms with Crippen molar-refractivity contribution in [3.8, 4) is 0 Å². The molecule has 0 amide bonds. The van der Waals surface area contributed by atoms with E-state index in [0.717, 1.165) is 6.54 Å². The third kappa shape index (κ3) is 1.66. The minimum absolute atomic E-state index is 0.359. The van der Waals surface area contributed by atoms with E-state index in [4.69, 9.17) is 0 Å². The summed E-state index contributed by atoms with van der Waals surface area (Å²) >= 11 is 0. The van der Waals surface area contributed by atoms with Crippen molar-refractivity contribution in [2.75, 3.05) is 20.1 Å². The van der Waals surface area contributed by atoms with E-state index >= 15 is 0 Å². The summed E-state index contributed by atoms with van der Waals surface area (Å²) in [5.74, 6) is 0. The van der Waals surface area contributed by atoms with Gasteiger partial charge in [0.15, 0.2) is 0 Å². The molecule has 1 saturated heterocycles. The molecule has 2 N–H and O–H groups in total. The summed E-state index contributed by atoms with van der Waals surface area (Å²) in [6, 6.07) is 0. The van der Waals surface area contributed by atoms with Crippen molar-refractivity contribution in [2.45, 2.75) is 25.3 Å². The Bertz CT molecular complexity index is 84.9. The van der Waals surface area contributed by atoms with Crippen LogP contribution in [0.15, 0.2) is 0 Å². The summed E-state index contributed by atoms with van der Waals surface area (Å²) in [5, 5.41) is 6.68. The van der Waals surface area contributed by atoms with Crippen LogP contribution in [-0.4, -0.2) is 25.7 Å². The molecule has 1 aliphatic heterocycles. The molecule has 1 rings (SSSR count). The Kier molecular flexibility index (Phi) is 2.09. The zero-order chi connectivity index (χ0) is 6.74. The van der Waals surface area contributed by atoms with E-state index in [1.807, 2.05) is 7.05 Å². The zero-order valence-electron chi connectivity index (χ0n) is 6.33. The third-order valence-corrected chi connectivity index (χ3v) is 2.20. The van der Waals surface area contributed by atoms with Crippen LogP contribution in [0.25, 0.3) is 0 Å². The van der Waals surface area contributed by atoms with Gasteiger partial charge in [-0.25, -0.2) is 0 Å². The van der Waals surface area contributed by atoms with Gasteiger partial charge < -0.3 is 10.6 Å². The van der Waals surface area contributed by atoms with E-state index < -0.39 is 0 Å². The maximum Gasteiger partial charge on any atom is 0.0275 e. The van der Waals surface area contributed by atoms with Gasteiger partial charge >= 0.3 is 0 Å². The molecule has 0 bridgehead atoms. The number of piperidine rings is 1. The van der Waals surface area contributed by atoms with Crippen LogP contribution in [-0.2, 0) is 0 Å². The molecule has 1 fully saturated rings. The van der Waals surface area contributed by atoms with Crippen molar-refractivity contribution in [1.82, 2.24) is 10.6 Å². The molecule has 1 unspecified atom stereocenters. The van der Waals surface area contributed by atoms with Gasteiger partial charge in [0, 0.05) is 12.1 Å². The highest BCUT2D eigenvalue weighted by atomic mass is 15.0. The van der Waals surface area contributed by atoms with Gasteiger partial charge in [0.2, 0.25) is 0 Å². The van der Waals surface area contributed by atoms with E-state index in [1.54, 1.807) is 0 Å². The highest BCUT2D eigenvalue weighted by Crippen LogP contribution is 2.13. The number of nitrogens with one attached hydrogen (secondary N) is 2. The van der Waals surface area contributed by atoms with Crippen LogP contribution >= 0.6 is 0 Å². The second-order valence-electron chi connectivity index (χ2n) is 3.09. The molecule has 2 heteroatoms. The predicted molar refractivity (Wildman–Crippen MR) is 39.6 cm³/mol. The molecule has 0 aromatic heterocycles. The largest absolute Gasteiger partial charge is 0.315 e. The Morgan fingerprint density at radius 1 is 1.56 bits per heavy atom. The lowest BCUT2D eigenvalue weighted by atomic mass is 9.93. The normalized spacial score (nSPS) is 36.7. The number of hydrogen-bond acceptors (Lipinski definition) is 2. The fraction of sp³-hybridized carbons (Fsp3) is 1.00. The summed E-state index contributed by atoms with van der Waals surface area (Å²) in [6.45, 7) is 4.57. The Morgan fingerprint density at radius 2 is 2.33 bits per heavy atom. The highest BCUT2D eigenvalue weighted by molar-refractivity contribution is 4.87. The first-order valence-corrected chi connectivity index (χ1v) is 3.66. The molecule has 0 aromatic rings. The van der Waals surface area contributed by atoms with Gasteiger partial charge in [0.05, 0.1) is 0 Å². The van der Waals surface area contributed by atoms with Crippen LogP contribution < -0.4 is 10.6 Å². The molecule has 2 nitrogen and oxygen atoms in total. The molecule has 1 heterocycles. The first-order valence-electron chi connectivity index (χ1n) is 3.66. The van der Waals surface area contributed by atoms with Crippen molar-refractivity contribution in [3.05, 3.63) is 0 Å². The highest BCUT2D eigenvalue weighted by Gasteiger charge is 2.23. The molecular formula is C7H16N2. The van der Waals surface area contributed by atoms with Crippen molar-refractivity contribution < 1.29 is 0 Å². The molecule has 1 aliphatic rings. The molecular weight excluding hydrogens is 112 g/mol. The standard InChI is InChI=1S/C7H16N2/c1-7(8-2)4-3-5-9-6-7/h8-9H,3-6H2,1-2H3. The fourth-order valence-electron chi connectivity index (χ4n) is 1.27. The Balaban J connectivity index is 2.37. The van der Waals surface area contributed by atoms with Crippen LogP contribution in [0.3, 0.4) is 0 Å². The summed E-state index contributed by atoms with van der Waals surface area (Å²) in [4.78, 5) is 0. The molecule has 0 radical (unpaired) electrons. The Morgan fingerprint density at radius 3 is 2.67 bits per heavy atom. The average Bonchev–Trinajstić information content (AvgIpc) is 1.90. The van der Waals surface area contributed by atoms with E-state index in [9.17, 15) is 0 Å². The topological polar surface area (TPSA) is 24.1 Å². The van der Waals surface area contributed by atoms with Crippen molar-refractivity contribution in [1.29, 1.82) is 0 Å². The molecule has 0 spiro atoms. The van der Waals surface area contributed by atoms with Crippen LogP contribution in [0.1, 0.15) is 19.8 Å². The molecule has 9 heavy (non-hydrogen) atoms. The lowest BCUT2D eigenvalue weighted by Gasteiger charge is -2.33. The summed E-state index contributed by atoms with van der Waals surface area (Å²) in [6.07, 6.45) is 2.60. The number of likely N-dealkylation sites (N-methyl/N-ethyl adjacent to an activating group) is 1. The number of hydrogen-bond donors (Lipinski definition) is 2. The van der Waals surface area contributed by atoms with Crippen LogP contribution in [0.2, 0.25) is 0 Å². The average molecular weight is 128 g/mol. The Labute approximate surface area is 57.0 Å². The first kappa shape index (κ1) is 7.03. The van der Waals surface area contributed by atoms with Gasteiger partial charge in [-0.2, -0.15) is 0 Å². The van der Waals surface area contributed by atoms with Crippen LogP contribution in [0.5, 0.6) is 0 Å². The summed E-state index contributed by atoms with van der Waals surface area (Å²) in [5.41, 5.74) is 0.359.